The Morgan fingerprint density at radius 2 is 2.28 bits per heavy atom. The lowest BCUT2D eigenvalue weighted by atomic mass is 10.2. The van der Waals surface area contributed by atoms with Crippen LogP contribution in [0.15, 0.2) is 18.2 Å². The Hall–Kier alpha value is -1.88. The molecule has 18 heavy (non-hydrogen) atoms. The summed E-state index contributed by atoms with van der Waals surface area (Å²) in [5, 5.41) is 11.5. The summed E-state index contributed by atoms with van der Waals surface area (Å²) in [5.41, 5.74) is 2.58. The molecule has 0 aliphatic heterocycles. The van der Waals surface area contributed by atoms with Gasteiger partial charge in [0.15, 0.2) is 0 Å². The fourth-order valence-electron chi connectivity index (χ4n) is 1.84. The van der Waals surface area contributed by atoms with Crippen LogP contribution >= 0.6 is 0 Å². The number of imidazole rings is 1. The Morgan fingerprint density at radius 1 is 1.44 bits per heavy atom. The van der Waals surface area contributed by atoms with Crippen LogP contribution in [0.4, 0.5) is 5.69 Å². The molecule has 0 fully saturated rings. The predicted octanol–water partition coefficient (Wildman–Crippen LogP) is 1.97. The lowest BCUT2D eigenvalue weighted by Gasteiger charge is -2.04. The standard InChI is InChI=1S/C13H17N3O2/c1-9-14-11-6-5-10(8-12(11)15-9)16-13(18)4-2-3-7-17/h5-6,8,17H,2-4,7H2,1H3,(H,14,15)(H,16,18). The van der Waals surface area contributed by atoms with Crippen molar-refractivity contribution in [3.63, 3.8) is 0 Å². The summed E-state index contributed by atoms with van der Waals surface area (Å²) in [7, 11) is 0. The fraction of sp³-hybridized carbons (Fsp3) is 0.385. The molecule has 0 saturated carbocycles. The van der Waals surface area contributed by atoms with Gasteiger partial charge in [-0.1, -0.05) is 0 Å². The molecule has 2 rings (SSSR count). The summed E-state index contributed by atoms with van der Waals surface area (Å²) in [4.78, 5) is 19.0. The third kappa shape index (κ3) is 3.07. The Kier molecular flexibility index (Phi) is 3.94. The average molecular weight is 247 g/mol. The van der Waals surface area contributed by atoms with Gasteiger partial charge in [-0.3, -0.25) is 4.79 Å². The number of hydrogen-bond acceptors (Lipinski definition) is 3. The number of nitrogens with one attached hydrogen (secondary N) is 2. The molecule has 1 aromatic heterocycles. The zero-order valence-electron chi connectivity index (χ0n) is 10.4. The Bertz CT molecular complexity index is 548. The Balaban J connectivity index is 2.00. The molecule has 1 amide bonds. The average Bonchev–Trinajstić information content (AvgIpc) is 2.69. The molecule has 0 saturated heterocycles. The number of aryl methyl sites for hydroxylation is 1. The summed E-state index contributed by atoms with van der Waals surface area (Å²) >= 11 is 0. The van der Waals surface area contributed by atoms with Gasteiger partial charge >= 0.3 is 0 Å². The predicted molar refractivity (Wildman–Crippen MR) is 70.4 cm³/mol. The molecule has 1 heterocycles. The van der Waals surface area contributed by atoms with Crippen LogP contribution < -0.4 is 5.32 Å². The van der Waals surface area contributed by atoms with Crippen LogP contribution in [-0.2, 0) is 4.79 Å². The van der Waals surface area contributed by atoms with Crippen molar-refractivity contribution < 1.29 is 9.90 Å². The smallest absolute Gasteiger partial charge is 0.224 e. The molecular weight excluding hydrogens is 230 g/mol. The van der Waals surface area contributed by atoms with E-state index in [2.05, 4.69) is 15.3 Å². The summed E-state index contributed by atoms with van der Waals surface area (Å²) in [6.45, 7) is 2.03. The van der Waals surface area contributed by atoms with E-state index in [1.165, 1.54) is 0 Å². The normalized spacial score (nSPS) is 10.8. The Morgan fingerprint density at radius 3 is 3.06 bits per heavy atom. The van der Waals surface area contributed by atoms with Crippen molar-refractivity contribution in [2.75, 3.05) is 11.9 Å². The van der Waals surface area contributed by atoms with E-state index in [0.29, 0.717) is 19.3 Å². The van der Waals surface area contributed by atoms with Crippen LogP contribution in [0.25, 0.3) is 11.0 Å². The molecule has 5 nitrogen and oxygen atoms in total. The third-order valence-corrected chi connectivity index (χ3v) is 2.70. The van der Waals surface area contributed by atoms with Crippen LogP contribution in [-0.4, -0.2) is 27.6 Å². The highest BCUT2D eigenvalue weighted by Gasteiger charge is 2.04. The van der Waals surface area contributed by atoms with Crippen LogP contribution in [0.5, 0.6) is 0 Å². The molecule has 0 spiro atoms. The monoisotopic (exact) mass is 247 g/mol. The first-order chi connectivity index (χ1) is 8.69. The number of aliphatic hydroxyl groups excluding tert-OH is 1. The maximum absolute atomic E-state index is 11.6. The minimum absolute atomic E-state index is 0.0287. The first kappa shape index (κ1) is 12.6. The van der Waals surface area contributed by atoms with Gasteiger partial charge in [-0.15, -0.1) is 0 Å². The molecule has 0 aliphatic carbocycles. The van der Waals surface area contributed by atoms with Gasteiger partial charge in [0, 0.05) is 18.7 Å². The number of benzene rings is 1. The molecule has 5 heteroatoms. The van der Waals surface area contributed by atoms with Gasteiger partial charge in [-0.25, -0.2) is 4.98 Å². The van der Waals surface area contributed by atoms with E-state index in [1.807, 2.05) is 25.1 Å². The number of unbranched alkanes of at least 4 members (excludes halogenated alkanes) is 1. The van der Waals surface area contributed by atoms with Gasteiger partial charge in [0.05, 0.1) is 11.0 Å². The van der Waals surface area contributed by atoms with Crippen LogP contribution in [0.3, 0.4) is 0 Å². The van der Waals surface area contributed by atoms with Gasteiger partial charge in [0.1, 0.15) is 5.82 Å². The van der Waals surface area contributed by atoms with Crippen molar-refractivity contribution in [3.8, 4) is 0 Å². The van der Waals surface area contributed by atoms with E-state index in [0.717, 1.165) is 22.5 Å². The van der Waals surface area contributed by atoms with Crippen molar-refractivity contribution in [1.82, 2.24) is 9.97 Å². The zero-order valence-corrected chi connectivity index (χ0v) is 10.4. The maximum atomic E-state index is 11.6. The quantitative estimate of drug-likeness (QED) is 0.707. The molecule has 1 aromatic carbocycles. The van der Waals surface area contributed by atoms with Gasteiger partial charge in [-0.05, 0) is 38.0 Å². The molecule has 2 aromatic rings. The number of carbonyl (C=O) groups excluding carboxylic acids is 1. The van der Waals surface area contributed by atoms with Crippen molar-refractivity contribution >= 4 is 22.6 Å². The van der Waals surface area contributed by atoms with Crippen molar-refractivity contribution in [2.24, 2.45) is 0 Å². The number of aliphatic hydroxyl groups is 1. The van der Waals surface area contributed by atoms with Crippen LogP contribution in [0.2, 0.25) is 0 Å². The number of carbonyl (C=O) groups is 1. The highest BCUT2D eigenvalue weighted by Crippen LogP contribution is 2.17. The number of hydrogen-bond donors (Lipinski definition) is 3. The van der Waals surface area contributed by atoms with Crippen LogP contribution in [0.1, 0.15) is 25.1 Å². The molecule has 0 bridgehead atoms. The van der Waals surface area contributed by atoms with E-state index in [4.69, 9.17) is 5.11 Å². The SMILES string of the molecule is Cc1nc2ccc(NC(=O)CCCCO)cc2[nH]1. The minimum atomic E-state index is -0.0287. The number of nitrogens with zero attached hydrogens (tertiary/aromatic N) is 1. The number of aromatic nitrogens is 2. The first-order valence-corrected chi connectivity index (χ1v) is 6.06. The number of fused-ring (bicyclic) bond motifs is 1. The van der Waals surface area contributed by atoms with Gasteiger partial charge in [-0.2, -0.15) is 0 Å². The third-order valence-electron chi connectivity index (χ3n) is 2.70. The summed E-state index contributed by atoms with van der Waals surface area (Å²) in [5.74, 6) is 0.829. The van der Waals surface area contributed by atoms with E-state index in [1.54, 1.807) is 0 Å². The molecular formula is C13H17N3O2. The van der Waals surface area contributed by atoms with Crippen LogP contribution in [0, 0.1) is 6.92 Å². The number of anilines is 1. The highest BCUT2D eigenvalue weighted by molar-refractivity contribution is 5.92. The number of aromatic amines is 1. The number of H-pyrrole nitrogens is 1. The fourth-order valence-corrected chi connectivity index (χ4v) is 1.84. The van der Waals surface area contributed by atoms with Gasteiger partial charge in [0.25, 0.3) is 0 Å². The number of rotatable bonds is 5. The second-order valence-electron chi connectivity index (χ2n) is 4.28. The summed E-state index contributed by atoms with van der Waals surface area (Å²) in [6.07, 6.45) is 1.79. The van der Waals surface area contributed by atoms with Crippen molar-refractivity contribution in [2.45, 2.75) is 26.2 Å². The largest absolute Gasteiger partial charge is 0.396 e. The summed E-state index contributed by atoms with van der Waals surface area (Å²) in [6, 6.07) is 5.59. The highest BCUT2D eigenvalue weighted by atomic mass is 16.2. The zero-order chi connectivity index (χ0) is 13.0. The summed E-state index contributed by atoms with van der Waals surface area (Å²) < 4.78 is 0. The molecule has 0 aliphatic rings. The number of amides is 1. The van der Waals surface area contributed by atoms with Crippen molar-refractivity contribution in [1.29, 1.82) is 0 Å². The lowest BCUT2D eigenvalue weighted by molar-refractivity contribution is -0.116. The molecule has 96 valence electrons. The second-order valence-corrected chi connectivity index (χ2v) is 4.28. The minimum Gasteiger partial charge on any atom is -0.396 e. The van der Waals surface area contributed by atoms with E-state index < -0.39 is 0 Å². The topological polar surface area (TPSA) is 78.0 Å². The Labute approximate surface area is 105 Å². The second kappa shape index (κ2) is 5.64. The molecule has 0 unspecified atom stereocenters. The van der Waals surface area contributed by atoms with E-state index >= 15 is 0 Å². The maximum Gasteiger partial charge on any atom is 0.224 e. The lowest BCUT2D eigenvalue weighted by Crippen LogP contribution is -2.11. The molecule has 0 radical (unpaired) electrons. The van der Waals surface area contributed by atoms with E-state index in [-0.39, 0.29) is 12.5 Å². The molecule has 0 atom stereocenters. The van der Waals surface area contributed by atoms with Crippen molar-refractivity contribution in [3.05, 3.63) is 24.0 Å². The van der Waals surface area contributed by atoms with E-state index in [9.17, 15) is 4.79 Å². The molecule has 3 N–H and O–H groups in total. The van der Waals surface area contributed by atoms with Gasteiger partial charge in [0.2, 0.25) is 5.91 Å². The first-order valence-electron chi connectivity index (χ1n) is 6.06. The van der Waals surface area contributed by atoms with Gasteiger partial charge < -0.3 is 15.4 Å².